The van der Waals surface area contributed by atoms with E-state index >= 15 is 0 Å². The lowest BCUT2D eigenvalue weighted by atomic mass is 10.1. The largest absolute Gasteiger partial charge is 0.339 e. The smallest absolute Gasteiger partial charge is 0.244 e. The van der Waals surface area contributed by atoms with Crippen molar-refractivity contribution < 1.29 is 13.2 Å². The third-order valence-corrected chi connectivity index (χ3v) is 8.48. The van der Waals surface area contributed by atoms with Gasteiger partial charge in [-0.2, -0.15) is 4.31 Å². The molecular formula is C18H21ClN4O3S2. The van der Waals surface area contributed by atoms with E-state index in [1.807, 2.05) is 11.4 Å². The second-order valence-electron chi connectivity index (χ2n) is 6.80. The Labute approximate surface area is 173 Å². The summed E-state index contributed by atoms with van der Waals surface area (Å²) in [6.45, 7) is 1.25. The lowest BCUT2D eigenvalue weighted by molar-refractivity contribution is -0.134. The van der Waals surface area contributed by atoms with Crippen molar-refractivity contribution in [1.82, 2.24) is 20.1 Å². The first-order chi connectivity index (χ1) is 13.5. The van der Waals surface area contributed by atoms with Gasteiger partial charge in [0.05, 0.1) is 11.1 Å². The van der Waals surface area contributed by atoms with E-state index < -0.39 is 10.0 Å². The number of amides is 1. The predicted octanol–water partition coefficient (Wildman–Crippen LogP) is 1.84. The number of piperazine rings is 1. The average molecular weight is 441 g/mol. The van der Waals surface area contributed by atoms with Gasteiger partial charge in [0.15, 0.2) is 0 Å². The molecule has 2 saturated heterocycles. The molecule has 7 nitrogen and oxygen atoms in total. The molecule has 0 aliphatic carbocycles. The van der Waals surface area contributed by atoms with Crippen LogP contribution in [0.3, 0.4) is 0 Å². The van der Waals surface area contributed by atoms with E-state index in [4.69, 9.17) is 11.6 Å². The van der Waals surface area contributed by atoms with Crippen LogP contribution in [0.4, 0.5) is 0 Å². The number of sulfonamides is 1. The minimum absolute atomic E-state index is 0.00125. The Balaban J connectivity index is 1.37. The summed E-state index contributed by atoms with van der Waals surface area (Å²) >= 11 is 7.72. The number of hydrogen-bond acceptors (Lipinski definition) is 6. The minimum Gasteiger partial charge on any atom is -0.339 e. The summed E-state index contributed by atoms with van der Waals surface area (Å²) in [5.74, 6) is 0.00125. The topological polar surface area (TPSA) is 81.8 Å². The second-order valence-corrected chi connectivity index (χ2v) is 10.1. The molecule has 1 amide bonds. The van der Waals surface area contributed by atoms with Gasteiger partial charge in [0.2, 0.25) is 15.9 Å². The fourth-order valence-corrected chi connectivity index (χ4v) is 6.26. The molecule has 10 heteroatoms. The van der Waals surface area contributed by atoms with Crippen molar-refractivity contribution in [1.29, 1.82) is 0 Å². The zero-order valence-corrected chi connectivity index (χ0v) is 17.4. The first-order valence-electron chi connectivity index (χ1n) is 9.05. The van der Waals surface area contributed by atoms with Crippen molar-refractivity contribution in [2.45, 2.75) is 23.4 Å². The molecule has 2 aliphatic heterocycles. The molecule has 0 radical (unpaired) electrons. The van der Waals surface area contributed by atoms with Crippen LogP contribution >= 0.6 is 22.9 Å². The molecule has 150 valence electrons. The quantitative estimate of drug-likeness (QED) is 0.758. The van der Waals surface area contributed by atoms with E-state index in [1.54, 1.807) is 34.4 Å². The van der Waals surface area contributed by atoms with E-state index in [0.29, 0.717) is 19.5 Å². The van der Waals surface area contributed by atoms with Gasteiger partial charge in [-0.1, -0.05) is 29.8 Å². The van der Waals surface area contributed by atoms with Crippen LogP contribution in [0, 0.1) is 0 Å². The van der Waals surface area contributed by atoms with Crippen LogP contribution in [-0.4, -0.2) is 55.8 Å². The van der Waals surface area contributed by atoms with Crippen molar-refractivity contribution in [2.24, 2.45) is 0 Å². The van der Waals surface area contributed by atoms with E-state index in [0.717, 1.165) is 0 Å². The Hall–Kier alpha value is -1.49. The molecule has 4 rings (SSSR count). The van der Waals surface area contributed by atoms with Gasteiger partial charge in [0, 0.05) is 31.1 Å². The SMILES string of the molecule is O=C(C1CC(c2cccs2)NN1)N1CCN(S(=O)(=O)c2ccccc2Cl)CC1. The Morgan fingerprint density at radius 2 is 1.82 bits per heavy atom. The number of thiophene rings is 1. The molecule has 2 aromatic rings. The molecule has 2 atom stereocenters. The summed E-state index contributed by atoms with van der Waals surface area (Å²) in [7, 11) is -3.66. The minimum atomic E-state index is -3.66. The normalized spacial score (nSPS) is 23.8. The van der Waals surface area contributed by atoms with E-state index in [2.05, 4.69) is 16.9 Å². The third kappa shape index (κ3) is 3.83. The molecule has 1 aromatic carbocycles. The van der Waals surface area contributed by atoms with E-state index in [9.17, 15) is 13.2 Å². The summed E-state index contributed by atoms with van der Waals surface area (Å²) in [5, 5.41) is 2.23. The highest BCUT2D eigenvalue weighted by Gasteiger charge is 2.36. The number of nitrogens with zero attached hydrogens (tertiary/aromatic N) is 2. The van der Waals surface area contributed by atoms with Gasteiger partial charge in [-0.15, -0.1) is 11.3 Å². The lowest BCUT2D eigenvalue weighted by Crippen LogP contribution is -2.54. The van der Waals surface area contributed by atoms with Crippen molar-refractivity contribution >= 4 is 38.9 Å². The van der Waals surface area contributed by atoms with Gasteiger partial charge in [-0.3, -0.25) is 4.79 Å². The molecule has 1 aromatic heterocycles. The zero-order valence-electron chi connectivity index (χ0n) is 15.0. The monoisotopic (exact) mass is 440 g/mol. The zero-order chi connectivity index (χ0) is 19.7. The lowest BCUT2D eigenvalue weighted by Gasteiger charge is -2.35. The second kappa shape index (κ2) is 8.10. The number of hydrazine groups is 1. The van der Waals surface area contributed by atoms with Crippen molar-refractivity contribution in [3.8, 4) is 0 Å². The highest BCUT2D eigenvalue weighted by Crippen LogP contribution is 2.28. The number of rotatable bonds is 4. The molecule has 2 N–H and O–H groups in total. The van der Waals surface area contributed by atoms with Gasteiger partial charge in [-0.25, -0.2) is 19.3 Å². The van der Waals surface area contributed by atoms with Crippen molar-refractivity contribution in [2.75, 3.05) is 26.2 Å². The number of carbonyl (C=O) groups is 1. The molecule has 0 spiro atoms. The third-order valence-electron chi connectivity index (χ3n) is 5.09. The summed E-state index contributed by atoms with van der Waals surface area (Å²) in [6, 6.07) is 10.3. The molecular weight excluding hydrogens is 420 g/mol. The highest BCUT2D eigenvalue weighted by atomic mass is 35.5. The van der Waals surface area contributed by atoms with Gasteiger partial charge in [-0.05, 0) is 30.0 Å². The van der Waals surface area contributed by atoms with Gasteiger partial charge >= 0.3 is 0 Å². The molecule has 28 heavy (non-hydrogen) atoms. The average Bonchev–Trinajstić information content (AvgIpc) is 3.39. The van der Waals surface area contributed by atoms with E-state index in [-0.39, 0.29) is 41.0 Å². The molecule has 2 aliphatic rings. The van der Waals surface area contributed by atoms with Gasteiger partial charge in [0.25, 0.3) is 0 Å². The van der Waals surface area contributed by atoms with Gasteiger partial charge < -0.3 is 4.90 Å². The van der Waals surface area contributed by atoms with Crippen LogP contribution < -0.4 is 10.9 Å². The molecule has 0 saturated carbocycles. The van der Waals surface area contributed by atoms with Crippen LogP contribution in [0.2, 0.25) is 5.02 Å². The summed E-state index contributed by atoms with van der Waals surface area (Å²) in [5.41, 5.74) is 6.26. The molecule has 2 unspecified atom stereocenters. The standard InChI is InChI=1S/C18H21ClN4O3S2/c19-13-4-1-2-6-17(13)28(25,26)23-9-7-22(8-10-23)18(24)15-12-14(20-21-15)16-5-3-11-27-16/h1-6,11,14-15,20-21H,7-10,12H2. The van der Waals surface area contributed by atoms with Crippen molar-refractivity contribution in [3.05, 3.63) is 51.7 Å². The fraction of sp³-hybridized carbons (Fsp3) is 0.389. The molecule has 0 bridgehead atoms. The Morgan fingerprint density at radius 3 is 2.50 bits per heavy atom. The van der Waals surface area contributed by atoms with Crippen LogP contribution in [0.15, 0.2) is 46.7 Å². The molecule has 2 fully saturated rings. The predicted molar refractivity (Wildman–Crippen MR) is 109 cm³/mol. The maximum absolute atomic E-state index is 12.8. The first-order valence-corrected chi connectivity index (χ1v) is 11.7. The Morgan fingerprint density at radius 1 is 1.07 bits per heavy atom. The summed E-state index contributed by atoms with van der Waals surface area (Å²) in [4.78, 5) is 15.9. The number of hydrogen-bond donors (Lipinski definition) is 2. The maximum atomic E-state index is 12.8. The van der Waals surface area contributed by atoms with Crippen LogP contribution in [0.25, 0.3) is 0 Å². The van der Waals surface area contributed by atoms with Crippen molar-refractivity contribution in [3.63, 3.8) is 0 Å². The first kappa shape index (κ1) is 19.8. The van der Waals surface area contributed by atoms with E-state index in [1.165, 1.54) is 15.2 Å². The van der Waals surface area contributed by atoms with Crippen LogP contribution in [-0.2, 0) is 14.8 Å². The Bertz CT molecular complexity index is 944. The van der Waals surface area contributed by atoms with Crippen LogP contribution in [0.1, 0.15) is 17.3 Å². The maximum Gasteiger partial charge on any atom is 0.244 e. The number of benzene rings is 1. The fourth-order valence-electron chi connectivity index (χ4n) is 3.56. The Kier molecular flexibility index (Phi) is 5.73. The van der Waals surface area contributed by atoms with Crippen LogP contribution in [0.5, 0.6) is 0 Å². The number of halogens is 1. The molecule has 3 heterocycles. The van der Waals surface area contributed by atoms with Gasteiger partial charge in [0.1, 0.15) is 10.9 Å². The summed E-state index contributed by atoms with van der Waals surface area (Å²) < 4.78 is 27.1. The number of nitrogens with one attached hydrogen (secondary N) is 2. The summed E-state index contributed by atoms with van der Waals surface area (Å²) in [6.07, 6.45) is 0.678. The number of carbonyl (C=O) groups excluding carboxylic acids is 1. The highest BCUT2D eigenvalue weighted by molar-refractivity contribution is 7.89.